The second-order valence-corrected chi connectivity index (χ2v) is 7.94. The van der Waals surface area contributed by atoms with Gasteiger partial charge in [0, 0.05) is 51.0 Å². The molecule has 0 unspecified atom stereocenters. The SMILES string of the molecule is COCc1cc(N2CCN(c3nccc(C(F)(F)F)n3)CC2)nc(C(C)(C)C)n1. The molecule has 2 aromatic heterocycles. The van der Waals surface area contributed by atoms with Crippen LogP contribution in [-0.2, 0) is 22.9 Å². The molecule has 0 amide bonds. The minimum absolute atomic E-state index is 0.0950. The molecular formula is C19H25F3N6O. The van der Waals surface area contributed by atoms with Crippen LogP contribution in [0.25, 0.3) is 0 Å². The van der Waals surface area contributed by atoms with Crippen molar-refractivity contribution in [2.75, 3.05) is 43.1 Å². The summed E-state index contributed by atoms with van der Waals surface area (Å²) in [5, 5.41) is 0. The van der Waals surface area contributed by atoms with Gasteiger partial charge >= 0.3 is 6.18 Å². The molecule has 0 spiro atoms. The van der Waals surface area contributed by atoms with Crippen molar-refractivity contribution in [2.45, 2.75) is 39.0 Å². The average Bonchev–Trinajstić information content (AvgIpc) is 2.67. The largest absolute Gasteiger partial charge is 0.433 e. The zero-order valence-corrected chi connectivity index (χ0v) is 17.0. The van der Waals surface area contributed by atoms with Gasteiger partial charge in [-0.1, -0.05) is 20.8 Å². The Morgan fingerprint density at radius 3 is 2.24 bits per heavy atom. The van der Waals surface area contributed by atoms with Gasteiger partial charge in [-0.2, -0.15) is 13.2 Å². The quantitative estimate of drug-likeness (QED) is 0.767. The maximum absolute atomic E-state index is 12.9. The van der Waals surface area contributed by atoms with Gasteiger partial charge in [-0.15, -0.1) is 0 Å². The number of methoxy groups -OCH3 is 1. The van der Waals surface area contributed by atoms with Crippen LogP contribution in [0.3, 0.4) is 0 Å². The number of halogens is 3. The molecule has 0 saturated carbocycles. The molecule has 0 bridgehead atoms. The summed E-state index contributed by atoms with van der Waals surface area (Å²) < 4.78 is 44.0. The number of nitrogens with zero attached hydrogens (tertiary/aromatic N) is 6. The number of hydrogen-bond acceptors (Lipinski definition) is 7. The Labute approximate surface area is 168 Å². The van der Waals surface area contributed by atoms with Gasteiger partial charge in [0.05, 0.1) is 12.3 Å². The maximum atomic E-state index is 12.9. The number of alkyl halides is 3. The Bertz CT molecular complexity index is 845. The van der Waals surface area contributed by atoms with Gasteiger partial charge in [0.2, 0.25) is 5.95 Å². The van der Waals surface area contributed by atoms with Gasteiger partial charge in [0.1, 0.15) is 17.3 Å². The Morgan fingerprint density at radius 2 is 1.66 bits per heavy atom. The molecule has 3 heterocycles. The van der Waals surface area contributed by atoms with E-state index in [0.29, 0.717) is 32.8 Å². The van der Waals surface area contributed by atoms with Crippen molar-refractivity contribution in [3.63, 3.8) is 0 Å². The van der Waals surface area contributed by atoms with Crippen molar-refractivity contribution in [1.29, 1.82) is 0 Å². The van der Waals surface area contributed by atoms with Gasteiger partial charge in [-0.05, 0) is 6.07 Å². The predicted molar refractivity (Wildman–Crippen MR) is 103 cm³/mol. The standard InChI is InChI=1S/C19H25F3N6O/c1-18(2,3)16-24-13(12-29-4)11-15(26-16)27-7-9-28(10-8-27)17-23-6-5-14(25-17)19(20,21)22/h5-6,11H,7-10,12H2,1-4H3. The Kier molecular flexibility index (Phi) is 5.92. The van der Waals surface area contributed by atoms with E-state index in [1.807, 2.05) is 26.8 Å². The molecule has 0 radical (unpaired) electrons. The molecule has 0 aliphatic carbocycles. The number of hydrogen-bond donors (Lipinski definition) is 0. The maximum Gasteiger partial charge on any atom is 0.433 e. The normalized spacial score (nSPS) is 15.7. The first-order valence-electron chi connectivity index (χ1n) is 9.35. The van der Waals surface area contributed by atoms with Crippen molar-refractivity contribution in [2.24, 2.45) is 0 Å². The lowest BCUT2D eigenvalue weighted by molar-refractivity contribution is -0.141. The van der Waals surface area contributed by atoms with E-state index in [4.69, 9.17) is 9.72 Å². The first kappa shape index (κ1) is 21.2. The smallest absolute Gasteiger partial charge is 0.378 e. The predicted octanol–water partition coefficient (Wildman–Crippen LogP) is 3.06. The third-order valence-electron chi connectivity index (χ3n) is 4.55. The first-order chi connectivity index (χ1) is 13.6. The summed E-state index contributed by atoms with van der Waals surface area (Å²) in [5.74, 6) is 1.62. The van der Waals surface area contributed by atoms with Crippen LogP contribution in [0.5, 0.6) is 0 Å². The number of rotatable bonds is 4. The number of anilines is 2. The summed E-state index contributed by atoms with van der Waals surface area (Å²) in [6.45, 7) is 8.70. The fraction of sp³-hybridized carbons (Fsp3) is 0.579. The van der Waals surface area contributed by atoms with E-state index >= 15 is 0 Å². The van der Waals surface area contributed by atoms with E-state index in [9.17, 15) is 13.2 Å². The Balaban J connectivity index is 1.76. The topological polar surface area (TPSA) is 67.3 Å². The second-order valence-electron chi connectivity index (χ2n) is 7.94. The van der Waals surface area contributed by atoms with Gasteiger partial charge in [0.25, 0.3) is 0 Å². The van der Waals surface area contributed by atoms with E-state index in [-0.39, 0.29) is 11.4 Å². The molecule has 0 aromatic carbocycles. The molecule has 7 nitrogen and oxygen atoms in total. The molecule has 158 valence electrons. The van der Waals surface area contributed by atoms with Crippen LogP contribution >= 0.6 is 0 Å². The zero-order valence-electron chi connectivity index (χ0n) is 17.0. The molecule has 0 atom stereocenters. The van der Waals surface area contributed by atoms with E-state index < -0.39 is 11.9 Å². The summed E-state index contributed by atoms with van der Waals surface area (Å²) in [5.41, 5.74) is -0.350. The van der Waals surface area contributed by atoms with E-state index in [1.54, 1.807) is 12.0 Å². The molecule has 1 aliphatic rings. The molecule has 29 heavy (non-hydrogen) atoms. The highest BCUT2D eigenvalue weighted by Crippen LogP contribution is 2.29. The molecule has 1 saturated heterocycles. The Hall–Kier alpha value is -2.49. The summed E-state index contributed by atoms with van der Waals surface area (Å²) in [4.78, 5) is 20.8. The second kappa shape index (κ2) is 8.10. The molecule has 10 heteroatoms. The van der Waals surface area contributed by atoms with Crippen molar-refractivity contribution >= 4 is 11.8 Å². The Morgan fingerprint density at radius 1 is 1.00 bits per heavy atom. The molecule has 3 rings (SSSR count). The summed E-state index contributed by atoms with van der Waals surface area (Å²) in [7, 11) is 1.62. The zero-order chi connectivity index (χ0) is 21.2. The monoisotopic (exact) mass is 410 g/mol. The minimum Gasteiger partial charge on any atom is -0.378 e. The van der Waals surface area contributed by atoms with Crippen LogP contribution in [0.4, 0.5) is 24.9 Å². The summed E-state index contributed by atoms with van der Waals surface area (Å²) in [6.07, 6.45) is -3.34. The van der Waals surface area contributed by atoms with Gasteiger partial charge in [-0.3, -0.25) is 0 Å². The summed E-state index contributed by atoms with van der Waals surface area (Å²) in [6, 6.07) is 2.78. The van der Waals surface area contributed by atoms with Crippen LogP contribution in [0.2, 0.25) is 0 Å². The van der Waals surface area contributed by atoms with Crippen molar-refractivity contribution in [3.05, 3.63) is 35.5 Å². The first-order valence-corrected chi connectivity index (χ1v) is 9.35. The molecule has 1 aliphatic heterocycles. The number of aromatic nitrogens is 4. The highest BCUT2D eigenvalue weighted by atomic mass is 19.4. The average molecular weight is 410 g/mol. The van der Waals surface area contributed by atoms with Crippen LogP contribution in [0.15, 0.2) is 18.3 Å². The highest BCUT2D eigenvalue weighted by Gasteiger charge is 2.33. The minimum atomic E-state index is -4.48. The number of ether oxygens (including phenoxy) is 1. The molecule has 0 N–H and O–H groups in total. The fourth-order valence-corrected chi connectivity index (χ4v) is 3.00. The number of piperazine rings is 1. The van der Waals surface area contributed by atoms with E-state index in [0.717, 1.165) is 29.6 Å². The lowest BCUT2D eigenvalue weighted by atomic mass is 9.95. The van der Waals surface area contributed by atoms with E-state index in [1.165, 1.54) is 0 Å². The van der Waals surface area contributed by atoms with Crippen LogP contribution in [0.1, 0.15) is 38.0 Å². The van der Waals surface area contributed by atoms with Crippen LogP contribution in [-0.4, -0.2) is 53.2 Å². The molecule has 2 aromatic rings. The summed E-state index contributed by atoms with van der Waals surface area (Å²) >= 11 is 0. The van der Waals surface area contributed by atoms with Gasteiger partial charge in [0.15, 0.2) is 0 Å². The third-order valence-corrected chi connectivity index (χ3v) is 4.55. The van der Waals surface area contributed by atoms with Gasteiger partial charge < -0.3 is 14.5 Å². The lowest BCUT2D eigenvalue weighted by Crippen LogP contribution is -2.47. The van der Waals surface area contributed by atoms with Crippen molar-refractivity contribution in [1.82, 2.24) is 19.9 Å². The van der Waals surface area contributed by atoms with Crippen molar-refractivity contribution < 1.29 is 17.9 Å². The van der Waals surface area contributed by atoms with E-state index in [2.05, 4.69) is 19.9 Å². The third kappa shape index (κ3) is 5.11. The lowest BCUT2D eigenvalue weighted by Gasteiger charge is -2.36. The van der Waals surface area contributed by atoms with Crippen LogP contribution < -0.4 is 9.80 Å². The van der Waals surface area contributed by atoms with Crippen molar-refractivity contribution in [3.8, 4) is 0 Å². The molecule has 1 fully saturated rings. The fourth-order valence-electron chi connectivity index (χ4n) is 3.00. The molecular weight excluding hydrogens is 385 g/mol. The highest BCUT2D eigenvalue weighted by molar-refractivity contribution is 5.44. The van der Waals surface area contributed by atoms with Crippen LogP contribution in [0, 0.1) is 0 Å². The van der Waals surface area contributed by atoms with Gasteiger partial charge in [-0.25, -0.2) is 19.9 Å².